The molecule has 0 amide bonds. The molecule has 0 fully saturated rings. The molecule has 4 nitrogen and oxygen atoms in total. The van der Waals surface area contributed by atoms with Gasteiger partial charge in [-0.05, 0) is 30.5 Å². The summed E-state index contributed by atoms with van der Waals surface area (Å²) >= 11 is 0. The number of aliphatic imine (C=N–C) groups is 1. The van der Waals surface area contributed by atoms with E-state index in [1.54, 1.807) is 14.2 Å². The van der Waals surface area contributed by atoms with Gasteiger partial charge < -0.3 is 15.4 Å². The van der Waals surface area contributed by atoms with Crippen LogP contribution in [-0.2, 0) is 6.42 Å². The van der Waals surface area contributed by atoms with E-state index >= 15 is 0 Å². The SMILES string of the molecule is CN=C(NC)NCCCc1ccc(OC)cc1. The molecule has 0 radical (unpaired) electrons. The maximum Gasteiger partial charge on any atom is 0.190 e. The third kappa shape index (κ3) is 4.76. The minimum Gasteiger partial charge on any atom is -0.497 e. The van der Waals surface area contributed by atoms with Gasteiger partial charge in [-0.1, -0.05) is 12.1 Å². The average molecular weight is 235 g/mol. The van der Waals surface area contributed by atoms with E-state index in [1.165, 1.54) is 5.56 Å². The van der Waals surface area contributed by atoms with Crippen LogP contribution in [-0.4, -0.2) is 33.7 Å². The van der Waals surface area contributed by atoms with Gasteiger partial charge in [0.15, 0.2) is 5.96 Å². The Bertz CT molecular complexity index is 346. The minimum atomic E-state index is 0.833. The monoisotopic (exact) mass is 235 g/mol. The Kier molecular flexibility index (Phi) is 5.93. The van der Waals surface area contributed by atoms with Gasteiger partial charge in [0.05, 0.1) is 7.11 Å². The van der Waals surface area contributed by atoms with Crippen LogP contribution in [0.3, 0.4) is 0 Å². The van der Waals surface area contributed by atoms with Crippen molar-refractivity contribution in [3.05, 3.63) is 29.8 Å². The fourth-order valence-electron chi connectivity index (χ4n) is 1.57. The lowest BCUT2D eigenvalue weighted by Crippen LogP contribution is -2.35. The van der Waals surface area contributed by atoms with Crippen molar-refractivity contribution in [1.82, 2.24) is 10.6 Å². The Morgan fingerprint density at radius 1 is 1.29 bits per heavy atom. The number of guanidine groups is 1. The normalized spacial score (nSPS) is 11.1. The summed E-state index contributed by atoms with van der Waals surface area (Å²) in [5.74, 6) is 1.74. The van der Waals surface area contributed by atoms with E-state index < -0.39 is 0 Å². The highest BCUT2D eigenvalue weighted by Gasteiger charge is 1.96. The van der Waals surface area contributed by atoms with Gasteiger partial charge in [0.1, 0.15) is 5.75 Å². The number of nitrogens with one attached hydrogen (secondary N) is 2. The van der Waals surface area contributed by atoms with E-state index in [2.05, 4.69) is 27.8 Å². The van der Waals surface area contributed by atoms with Crippen LogP contribution >= 0.6 is 0 Å². The van der Waals surface area contributed by atoms with Crippen molar-refractivity contribution in [2.45, 2.75) is 12.8 Å². The summed E-state index contributed by atoms with van der Waals surface area (Å²) in [5, 5.41) is 6.21. The van der Waals surface area contributed by atoms with Crippen LogP contribution in [0, 0.1) is 0 Å². The van der Waals surface area contributed by atoms with Gasteiger partial charge in [-0.3, -0.25) is 4.99 Å². The Balaban J connectivity index is 2.26. The van der Waals surface area contributed by atoms with E-state index in [9.17, 15) is 0 Å². The first-order valence-corrected chi connectivity index (χ1v) is 5.81. The zero-order chi connectivity index (χ0) is 12.5. The lowest BCUT2D eigenvalue weighted by atomic mass is 10.1. The van der Waals surface area contributed by atoms with E-state index in [4.69, 9.17) is 4.74 Å². The highest BCUT2D eigenvalue weighted by molar-refractivity contribution is 5.79. The molecule has 0 atom stereocenters. The van der Waals surface area contributed by atoms with Crippen molar-refractivity contribution < 1.29 is 4.74 Å². The molecule has 0 aliphatic heterocycles. The van der Waals surface area contributed by atoms with Crippen LogP contribution in [0.25, 0.3) is 0 Å². The molecule has 0 aliphatic carbocycles. The van der Waals surface area contributed by atoms with E-state index in [0.29, 0.717) is 0 Å². The summed E-state index contributed by atoms with van der Waals surface area (Å²) in [7, 11) is 5.31. The number of rotatable bonds is 5. The molecule has 1 aromatic rings. The number of hydrogen-bond acceptors (Lipinski definition) is 2. The third-order valence-electron chi connectivity index (χ3n) is 2.55. The Labute approximate surface area is 103 Å². The van der Waals surface area contributed by atoms with Crippen LogP contribution in [0.4, 0.5) is 0 Å². The quantitative estimate of drug-likeness (QED) is 0.461. The van der Waals surface area contributed by atoms with Gasteiger partial charge in [-0.2, -0.15) is 0 Å². The number of methoxy groups -OCH3 is 1. The summed E-state index contributed by atoms with van der Waals surface area (Å²) in [6, 6.07) is 8.20. The third-order valence-corrected chi connectivity index (χ3v) is 2.55. The maximum absolute atomic E-state index is 5.12. The Morgan fingerprint density at radius 3 is 2.53 bits per heavy atom. The number of aryl methyl sites for hydroxylation is 1. The molecule has 1 rings (SSSR count). The molecule has 0 spiro atoms. The van der Waals surface area contributed by atoms with Gasteiger partial charge in [0, 0.05) is 20.6 Å². The van der Waals surface area contributed by atoms with Crippen molar-refractivity contribution in [2.24, 2.45) is 4.99 Å². The topological polar surface area (TPSA) is 45.7 Å². The smallest absolute Gasteiger partial charge is 0.190 e. The molecular weight excluding hydrogens is 214 g/mol. The number of benzene rings is 1. The summed E-state index contributed by atoms with van der Waals surface area (Å²) < 4.78 is 5.12. The Morgan fingerprint density at radius 2 is 2.00 bits per heavy atom. The zero-order valence-corrected chi connectivity index (χ0v) is 10.8. The van der Waals surface area contributed by atoms with E-state index in [0.717, 1.165) is 31.1 Å². The molecule has 0 saturated carbocycles. The zero-order valence-electron chi connectivity index (χ0n) is 10.8. The maximum atomic E-state index is 5.12. The van der Waals surface area contributed by atoms with Crippen LogP contribution in [0.2, 0.25) is 0 Å². The molecule has 2 N–H and O–H groups in total. The fraction of sp³-hybridized carbons (Fsp3) is 0.462. The van der Waals surface area contributed by atoms with Gasteiger partial charge in [0.2, 0.25) is 0 Å². The van der Waals surface area contributed by atoms with Gasteiger partial charge >= 0.3 is 0 Å². The molecule has 0 aliphatic rings. The first-order chi connectivity index (χ1) is 8.30. The molecule has 17 heavy (non-hydrogen) atoms. The second-order valence-electron chi connectivity index (χ2n) is 3.70. The lowest BCUT2D eigenvalue weighted by molar-refractivity contribution is 0.414. The molecule has 0 heterocycles. The summed E-state index contributed by atoms with van der Waals surface area (Å²) in [6.07, 6.45) is 2.13. The van der Waals surface area contributed by atoms with E-state index in [1.807, 2.05) is 19.2 Å². The molecule has 0 bridgehead atoms. The predicted octanol–water partition coefficient (Wildman–Crippen LogP) is 1.42. The summed E-state index contributed by atoms with van der Waals surface area (Å²) in [5.41, 5.74) is 1.33. The van der Waals surface area contributed by atoms with Gasteiger partial charge in [0.25, 0.3) is 0 Å². The van der Waals surface area contributed by atoms with Crippen molar-refractivity contribution in [2.75, 3.05) is 27.7 Å². The van der Waals surface area contributed by atoms with Crippen molar-refractivity contribution in [1.29, 1.82) is 0 Å². The lowest BCUT2D eigenvalue weighted by Gasteiger charge is -2.08. The van der Waals surface area contributed by atoms with Crippen LogP contribution in [0.5, 0.6) is 5.75 Å². The molecule has 1 aromatic carbocycles. The molecule has 0 unspecified atom stereocenters. The number of nitrogens with zero attached hydrogens (tertiary/aromatic N) is 1. The standard InChI is InChI=1S/C13H21N3O/c1-14-13(15-2)16-10-4-5-11-6-8-12(17-3)9-7-11/h6-9H,4-5,10H2,1-3H3,(H2,14,15,16). The minimum absolute atomic E-state index is 0.833. The van der Waals surface area contributed by atoms with Crippen LogP contribution < -0.4 is 15.4 Å². The Hall–Kier alpha value is -1.71. The largest absolute Gasteiger partial charge is 0.497 e. The summed E-state index contributed by atoms with van der Waals surface area (Å²) in [6.45, 7) is 0.916. The molecular formula is C13H21N3O. The molecule has 0 saturated heterocycles. The van der Waals surface area contributed by atoms with Crippen LogP contribution in [0.15, 0.2) is 29.3 Å². The van der Waals surface area contributed by atoms with Crippen molar-refractivity contribution in [3.8, 4) is 5.75 Å². The average Bonchev–Trinajstić information content (AvgIpc) is 2.40. The first-order valence-electron chi connectivity index (χ1n) is 5.81. The first kappa shape index (κ1) is 13.4. The van der Waals surface area contributed by atoms with Gasteiger partial charge in [-0.25, -0.2) is 0 Å². The second-order valence-corrected chi connectivity index (χ2v) is 3.70. The van der Waals surface area contributed by atoms with Crippen LogP contribution in [0.1, 0.15) is 12.0 Å². The predicted molar refractivity (Wildman–Crippen MR) is 71.7 cm³/mol. The molecule has 0 aromatic heterocycles. The highest BCUT2D eigenvalue weighted by atomic mass is 16.5. The van der Waals surface area contributed by atoms with E-state index in [-0.39, 0.29) is 0 Å². The van der Waals surface area contributed by atoms with Gasteiger partial charge in [-0.15, -0.1) is 0 Å². The molecule has 4 heteroatoms. The van der Waals surface area contributed by atoms with Crippen molar-refractivity contribution >= 4 is 5.96 Å². The summed E-state index contributed by atoms with van der Waals surface area (Å²) in [4.78, 5) is 4.05. The van der Waals surface area contributed by atoms with Crippen molar-refractivity contribution in [3.63, 3.8) is 0 Å². The number of hydrogen-bond donors (Lipinski definition) is 2. The fourth-order valence-corrected chi connectivity index (χ4v) is 1.57. The highest BCUT2D eigenvalue weighted by Crippen LogP contribution is 2.12. The second kappa shape index (κ2) is 7.54. The number of ether oxygens (including phenoxy) is 1. The molecule has 94 valence electrons.